The van der Waals surface area contributed by atoms with Gasteiger partial charge in [-0.3, -0.25) is 0 Å². The van der Waals surface area contributed by atoms with Crippen LogP contribution in [0.3, 0.4) is 0 Å². The Labute approximate surface area is 73.5 Å². The van der Waals surface area contributed by atoms with Crippen LogP contribution in [0, 0.1) is 0 Å². The van der Waals surface area contributed by atoms with E-state index in [0.717, 1.165) is 25.2 Å². The zero-order chi connectivity index (χ0) is 8.81. The average Bonchev–Trinajstić information content (AvgIpc) is 2.56. The van der Waals surface area contributed by atoms with E-state index in [1.54, 1.807) is 6.26 Å². The van der Waals surface area contributed by atoms with E-state index in [2.05, 4.69) is 6.92 Å². The molecule has 1 aromatic rings. The molecule has 0 saturated heterocycles. The van der Waals surface area contributed by atoms with Crippen LogP contribution in [0.15, 0.2) is 22.8 Å². The van der Waals surface area contributed by atoms with E-state index < -0.39 is 0 Å². The number of rotatable bonds is 5. The molecule has 1 rings (SSSR count). The molecular weight excluding hydrogens is 152 g/mol. The van der Waals surface area contributed by atoms with Crippen molar-refractivity contribution in [1.82, 2.24) is 0 Å². The molecular formula is C10H16O2. The normalized spacial score (nSPS) is 13.2. The topological polar surface area (TPSA) is 22.4 Å². The molecule has 68 valence electrons. The fraction of sp³-hybridized carbons (Fsp3) is 0.600. The molecule has 0 aliphatic carbocycles. The molecule has 1 aromatic heterocycles. The lowest BCUT2D eigenvalue weighted by Gasteiger charge is -2.12. The minimum absolute atomic E-state index is 0.148. The molecule has 0 N–H and O–H groups in total. The number of ether oxygens (including phenoxy) is 1. The summed E-state index contributed by atoms with van der Waals surface area (Å²) in [6.45, 7) is 4.89. The lowest BCUT2D eigenvalue weighted by Crippen LogP contribution is -2.02. The number of hydrogen-bond donors (Lipinski definition) is 0. The average molecular weight is 168 g/mol. The van der Waals surface area contributed by atoms with Gasteiger partial charge in [-0.1, -0.05) is 13.3 Å². The zero-order valence-corrected chi connectivity index (χ0v) is 7.75. The predicted octanol–water partition coefficient (Wildman–Crippen LogP) is 3.16. The largest absolute Gasteiger partial charge is 0.467 e. The third-order valence-electron chi connectivity index (χ3n) is 1.78. The third kappa shape index (κ3) is 2.38. The SMILES string of the molecule is CCCC(OCC)c1ccco1. The quantitative estimate of drug-likeness (QED) is 0.673. The van der Waals surface area contributed by atoms with E-state index >= 15 is 0 Å². The van der Waals surface area contributed by atoms with Crippen molar-refractivity contribution in [1.29, 1.82) is 0 Å². The molecule has 1 heterocycles. The van der Waals surface area contributed by atoms with Crippen molar-refractivity contribution >= 4 is 0 Å². The summed E-state index contributed by atoms with van der Waals surface area (Å²) in [4.78, 5) is 0. The second-order valence-electron chi connectivity index (χ2n) is 2.75. The second kappa shape index (κ2) is 4.99. The Bertz CT molecular complexity index is 186. The number of furan rings is 1. The van der Waals surface area contributed by atoms with Crippen LogP contribution in [0.4, 0.5) is 0 Å². The summed E-state index contributed by atoms with van der Waals surface area (Å²) < 4.78 is 10.8. The van der Waals surface area contributed by atoms with Crippen molar-refractivity contribution < 1.29 is 9.15 Å². The first-order valence-corrected chi connectivity index (χ1v) is 4.53. The van der Waals surface area contributed by atoms with Gasteiger partial charge >= 0.3 is 0 Å². The van der Waals surface area contributed by atoms with Gasteiger partial charge in [-0.25, -0.2) is 0 Å². The lowest BCUT2D eigenvalue weighted by atomic mass is 10.1. The van der Waals surface area contributed by atoms with Crippen LogP contribution >= 0.6 is 0 Å². The minimum atomic E-state index is 0.148. The molecule has 2 heteroatoms. The van der Waals surface area contributed by atoms with Crippen molar-refractivity contribution in [3.63, 3.8) is 0 Å². The van der Waals surface area contributed by atoms with Crippen LogP contribution in [0.1, 0.15) is 38.6 Å². The van der Waals surface area contributed by atoms with Gasteiger partial charge in [-0.15, -0.1) is 0 Å². The second-order valence-corrected chi connectivity index (χ2v) is 2.75. The Balaban J connectivity index is 2.53. The maximum Gasteiger partial charge on any atom is 0.132 e. The van der Waals surface area contributed by atoms with Crippen LogP contribution in [0.2, 0.25) is 0 Å². The highest BCUT2D eigenvalue weighted by molar-refractivity contribution is 5.01. The highest BCUT2D eigenvalue weighted by Crippen LogP contribution is 2.22. The molecule has 1 unspecified atom stereocenters. The maximum atomic E-state index is 5.53. The van der Waals surface area contributed by atoms with Crippen LogP contribution < -0.4 is 0 Å². The fourth-order valence-electron chi connectivity index (χ4n) is 1.25. The Hall–Kier alpha value is -0.760. The third-order valence-corrected chi connectivity index (χ3v) is 1.78. The Kier molecular flexibility index (Phi) is 3.88. The molecule has 0 aliphatic heterocycles. The summed E-state index contributed by atoms with van der Waals surface area (Å²) in [6, 6.07) is 3.87. The first-order valence-electron chi connectivity index (χ1n) is 4.53. The molecule has 0 radical (unpaired) electrons. The smallest absolute Gasteiger partial charge is 0.132 e. The monoisotopic (exact) mass is 168 g/mol. The van der Waals surface area contributed by atoms with E-state index in [1.807, 2.05) is 19.1 Å². The van der Waals surface area contributed by atoms with Crippen LogP contribution in [-0.4, -0.2) is 6.61 Å². The highest BCUT2D eigenvalue weighted by atomic mass is 16.5. The van der Waals surface area contributed by atoms with Gasteiger partial charge < -0.3 is 9.15 Å². The van der Waals surface area contributed by atoms with Crippen molar-refractivity contribution in [2.24, 2.45) is 0 Å². The molecule has 0 fully saturated rings. The van der Waals surface area contributed by atoms with Gasteiger partial charge in [-0.2, -0.15) is 0 Å². The minimum Gasteiger partial charge on any atom is -0.467 e. The van der Waals surface area contributed by atoms with Gasteiger partial charge in [0.05, 0.1) is 6.26 Å². The van der Waals surface area contributed by atoms with E-state index in [9.17, 15) is 0 Å². The summed E-state index contributed by atoms with van der Waals surface area (Å²) in [5, 5.41) is 0. The van der Waals surface area contributed by atoms with E-state index in [-0.39, 0.29) is 6.10 Å². The van der Waals surface area contributed by atoms with Gasteiger partial charge in [0.2, 0.25) is 0 Å². The van der Waals surface area contributed by atoms with E-state index in [4.69, 9.17) is 9.15 Å². The van der Waals surface area contributed by atoms with Crippen LogP contribution in [0.5, 0.6) is 0 Å². The standard InChI is InChI=1S/C10H16O2/c1-3-6-9(11-4-2)10-7-5-8-12-10/h5,7-9H,3-4,6H2,1-2H3. The van der Waals surface area contributed by atoms with E-state index in [1.165, 1.54) is 0 Å². The van der Waals surface area contributed by atoms with Crippen molar-refractivity contribution in [3.8, 4) is 0 Å². The van der Waals surface area contributed by atoms with Gasteiger partial charge in [0.15, 0.2) is 0 Å². The molecule has 2 nitrogen and oxygen atoms in total. The molecule has 0 aliphatic rings. The highest BCUT2D eigenvalue weighted by Gasteiger charge is 2.12. The van der Waals surface area contributed by atoms with Gasteiger partial charge in [-0.05, 0) is 25.5 Å². The Morgan fingerprint density at radius 3 is 2.83 bits per heavy atom. The predicted molar refractivity (Wildman–Crippen MR) is 48.0 cm³/mol. The van der Waals surface area contributed by atoms with Crippen LogP contribution in [0.25, 0.3) is 0 Å². The Morgan fingerprint density at radius 1 is 1.50 bits per heavy atom. The summed E-state index contributed by atoms with van der Waals surface area (Å²) in [5.74, 6) is 0.943. The molecule has 1 atom stereocenters. The zero-order valence-electron chi connectivity index (χ0n) is 7.75. The molecule has 0 amide bonds. The van der Waals surface area contributed by atoms with Crippen molar-refractivity contribution in [3.05, 3.63) is 24.2 Å². The number of hydrogen-bond acceptors (Lipinski definition) is 2. The maximum absolute atomic E-state index is 5.53. The summed E-state index contributed by atoms with van der Waals surface area (Å²) in [5.41, 5.74) is 0. The van der Waals surface area contributed by atoms with Crippen LogP contribution in [-0.2, 0) is 4.74 Å². The Morgan fingerprint density at radius 2 is 2.33 bits per heavy atom. The van der Waals surface area contributed by atoms with E-state index in [0.29, 0.717) is 0 Å². The fourth-order valence-corrected chi connectivity index (χ4v) is 1.25. The van der Waals surface area contributed by atoms with Gasteiger partial charge in [0, 0.05) is 6.61 Å². The molecule has 12 heavy (non-hydrogen) atoms. The summed E-state index contributed by atoms with van der Waals surface area (Å²) in [6.07, 6.45) is 3.99. The first kappa shape index (κ1) is 9.33. The first-order chi connectivity index (χ1) is 5.88. The molecule has 0 saturated carbocycles. The van der Waals surface area contributed by atoms with Crippen molar-refractivity contribution in [2.45, 2.75) is 32.8 Å². The van der Waals surface area contributed by atoms with Gasteiger partial charge in [0.1, 0.15) is 11.9 Å². The lowest BCUT2D eigenvalue weighted by molar-refractivity contribution is 0.0401. The summed E-state index contributed by atoms with van der Waals surface area (Å²) in [7, 11) is 0. The van der Waals surface area contributed by atoms with Gasteiger partial charge in [0.25, 0.3) is 0 Å². The molecule has 0 aromatic carbocycles. The molecule has 0 bridgehead atoms. The summed E-state index contributed by atoms with van der Waals surface area (Å²) >= 11 is 0. The molecule has 0 spiro atoms. The van der Waals surface area contributed by atoms with Crippen molar-refractivity contribution in [2.75, 3.05) is 6.61 Å².